The molecule has 6 nitrogen and oxygen atoms in total. The zero-order valence-electron chi connectivity index (χ0n) is 11.2. The van der Waals surface area contributed by atoms with Crippen LogP contribution in [0.3, 0.4) is 0 Å². The summed E-state index contributed by atoms with van der Waals surface area (Å²) in [6, 6.07) is 9.07. The third kappa shape index (κ3) is 2.98. The molecule has 0 amide bonds. The summed E-state index contributed by atoms with van der Waals surface area (Å²) in [6.45, 7) is 0. The fourth-order valence-electron chi connectivity index (χ4n) is 2.46. The van der Waals surface area contributed by atoms with Gasteiger partial charge in [-0.3, -0.25) is 10.1 Å². The highest BCUT2D eigenvalue weighted by molar-refractivity contribution is 7.99. The molecule has 0 unspecified atom stereocenters. The highest BCUT2D eigenvalue weighted by Gasteiger charge is 2.14. The first-order valence-electron chi connectivity index (χ1n) is 6.58. The molecule has 0 atom stereocenters. The van der Waals surface area contributed by atoms with Crippen LogP contribution >= 0.6 is 11.8 Å². The van der Waals surface area contributed by atoms with E-state index in [1.165, 1.54) is 41.4 Å². The number of aryl methyl sites for hydroxylation is 2. The summed E-state index contributed by atoms with van der Waals surface area (Å²) in [5.41, 5.74) is 5.10. The Hall–Kier alpha value is -2.12. The number of nitrogen functional groups attached to an aromatic ring is 1. The van der Waals surface area contributed by atoms with Gasteiger partial charge in [-0.05, 0) is 42.5 Å². The molecule has 108 valence electrons. The molecular weight excluding hydrogens is 288 g/mol. The number of rotatable bonds is 4. The lowest BCUT2D eigenvalue weighted by molar-refractivity contribution is -0.385. The number of nitrogens with zero attached hydrogens (tertiary/aromatic N) is 2. The molecule has 0 saturated carbocycles. The van der Waals surface area contributed by atoms with Gasteiger partial charge in [-0.1, -0.05) is 17.8 Å². The maximum absolute atomic E-state index is 10.9. The average Bonchev–Trinajstić information content (AvgIpc) is 2.94. The number of benzene rings is 1. The first kappa shape index (κ1) is 13.8. The van der Waals surface area contributed by atoms with Gasteiger partial charge in [0.05, 0.1) is 11.0 Å². The van der Waals surface area contributed by atoms with Gasteiger partial charge >= 0.3 is 0 Å². The maximum atomic E-state index is 10.9. The highest BCUT2D eigenvalue weighted by atomic mass is 32.2. The van der Waals surface area contributed by atoms with Crippen LogP contribution in [0, 0.1) is 10.1 Å². The van der Waals surface area contributed by atoms with Gasteiger partial charge in [-0.25, -0.2) is 10.8 Å². The van der Waals surface area contributed by atoms with E-state index in [1.807, 2.05) is 6.07 Å². The highest BCUT2D eigenvalue weighted by Crippen LogP contribution is 2.33. The van der Waals surface area contributed by atoms with Crippen LogP contribution in [0.15, 0.2) is 40.3 Å². The number of pyridine rings is 1. The minimum absolute atomic E-state index is 0.0263. The van der Waals surface area contributed by atoms with E-state index in [0.29, 0.717) is 5.03 Å². The molecule has 1 aromatic heterocycles. The van der Waals surface area contributed by atoms with Crippen LogP contribution in [0.5, 0.6) is 0 Å². The number of hydrazine groups is 1. The fraction of sp³-hybridized carbons (Fsp3) is 0.214. The van der Waals surface area contributed by atoms with Crippen LogP contribution in [-0.2, 0) is 12.8 Å². The molecule has 0 aliphatic heterocycles. The van der Waals surface area contributed by atoms with E-state index < -0.39 is 4.92 Å². The van der Waals surface area contributed by atoms with E-state index in [9.17, 15) is 10.1 Å². The molecule has 21 heavy (non-hydrogen) atoms. The van der Waals surface area contributed by atoms with Crippen molar-refractivity contribution < 1.29 is 4.92 Å². The van der Waals surface area contributed by atoms with Gasteiger partial charge in [-0.2, -0.15) is 0 Å². The summed E-state index contributed by atoms with van der Waals surface area (Å²) >= 11 is 1.40. The smallest absolute Gasteiger partial charge is 0.275 e. The molecule has 0 saturated heterocycles. The Balaban J connectivity index is 1.90. The summed E-state index contributed by atoms with van der Waals surface area (Å²) in [7, 11) is 0. The Bertz CT molecular complexity index is 705. The molecule has 3 N–H and O–H groups in total. The van der Waals surface area contributed by atoms with E-state index in [0.717, 1.165) is 17.7 Å². The predicted molar refractivity (Wildman–Crippen MR) is 81.3 cm³/mol. The van der Waals surface area contributed by atoms with Crippen molar-refractivity contribution in [2.75, 3.05) is 5.43 Å². The van der Waals surface area contributed by atoms with Gasteiger partial charge in [-0.15, -0.1) is 0 Å². The largest absolute Gasteiger partial charge is 0.308 e. The van der Waals surface area contributed by atoms with Gasteiger partial charge in [0.15, 0.2) is 0 Å². The van der Waals surface area contributed by atoms with Crippen molar-refractivity contribution in [3.05, 3.63) is 51.6 Å². The van der Waals surface area contributed by atoms with Crippen molar-refractivity contribution in [3.8, 4) is 0 Å². The summed E-state index contributed by atoms with van der Waals surface area (Å²) in [5.74, 6) is 5.60. The van der Waals surface area contributed by atoms with Crippen molar-refractivity contribution in [1.82, 2.24) is 4.98 Å². The number of aromatic nitrogens is 1. The monoisotopic (exact) mass is 302 g/mol. The standard InChI is InChI=1S/C14H14N4O2S/c15-17-13-7-11(18(19)20)8-14(16-13)21-12-5-4-9-2-1-3-10(9)6-12/h4-8H,1-3,15H2,(H,16,17). The van der Waals surface area contributed by atoms with Crippen molar-refractivity contribution in [3.63, 3.8) is 0 Å². The second kappa shape index (κ2) is 5.71. The lowest BCUT2D eigenvalue weighted by Gasteiger charge is -2.06. The van der Waals surface area contributed by atoms with Crippen molar-refractivity contribution in [2.24, 2.45) is 5.84 Å². The van der Waals surface area contributed by atoms with Gasteiger partial charge in [0.2, 0.25) is 0 Å². The number of hydrogen-bond donors (Lipinski definition) is 2. The molecule has 7 heteroatoms. The van der Waals surface area contributed by atoms with Crippen molar-refractivity contribution >= 4 is 23.3 Å². The molecule has 1 aromatic carbocycles. The van der Waals surface area contributed by atoms with E-state index in [2.05, 4.69) is 22.5 Å². The lowest BCUT2D eigenvalue weighted by Crippen LogP contribution is -2.09. The predicted octanol–water partition coefficient (Wildman–Crippen LogP) is 2.92. The Labute approximate surface area is 125 Å². The van der Waals surface area contributed by atoms with Crippen LogP contribution < -0.4 is 11.3 Å². The molecule has 1 aliphatic rings. The van der Waals surface area contributed by atoms with Gasteiger partial charge in [0.25, 0.3) is 5.69 Å². The summed E-state index contributed by atoms with van der Waals surface area (Å²) in [4.78, 5) is 15.8. The number of anilines is 1. The van der Waals surface area contributed by atoms with E-state index >= 15 is 0 Å². The van der Waals surface area contributed by atoms with Crippen LogP contribution in [0.1, 0.15) is 17.5 Å². The molecule has 3 rings (SSSR count). The Kier molecular flexibility index (Phi) is 3.76. The summed E-state index contributed by atoms with van der Waals surface area (Å²) in [6.07, 6.45) is 3.43. The Morgan fingerprint density at radius 2 is 2.05 bits per heavy atom. The topological polar surface area (TPSA) is 94.1 Å². The number of fused-ring (bicyclic) bond motifs is 1. The van der Waals surface area contributed by atoms with E-state index in [4.69, 9.17) is 5.84 Å². The quantitative estimate of drug-likeness (QED) is 0.512. The zero-order valence-corrected chi connectivity index (χ0v) is 12.0. The number of nitrogens with two attached hydrogens (primary N) is 1. The van der Waals surface area contributed by atoms with E-state index in [-0.39, 0.29) is 11.5 Å². The SMILES string of the molecule is NNc1cc([N+](=O)[O-])cc(Sc2ccc3c(c2)CCC3)n1. The zero-order chi connectivity index (χ0) is 14.8. The molecule has 0 spiro atoms. The van der Waals surface area contributed by atoms with Crippen LogP contribution in [0.2, 0.25) is 0 Å². The number of nitrogens with one attached hydrogen (secondary N) is 1. The lowest BCUT2D eigenvalue weighted by atomic mass is 10.1. The second-order valence-corrected chi connectivity index (χ2v) is 5.93. The first-order chi connectivity index (χ1) is 10.2. The minimum atomic E-state index is -0.449. The normalized spacial score (nSPS) is 13.0. The Morgan fingerprint density at radius 1 is 1.24 bits per heavy atom. The van der Waals surface area contributed by atoms with Gasteiger partial charge < -0.3 is 5.43 Å². The second-order valence-electron chi connectivity index (χ2n) is 4.84. The Morgan fingerprint density at radius 3 is 2.81 bits per heavy atom. The summed E-state index contributed by atoms with van der Waals surface area (Å²) in [5, 5.41) is 11.5. The maximum Gasteiger partial charge on any atom is 0.275 e. The molecule has 1 heterocycles. The first-order valence-corrected chi connectivity index (χ1v) is 7.40. The van der Waals surface area contributed by atoms with E-state index in [1.54, 1.807) is 0 Å². The van der Waals surface area contributed by atoms with Crippen LogP contribution in [0.25, 0.3) is 0 Å². The van der Waals surface area contributed by atoms with Crippen molar-refractivity contribution in [1.29, 1.82) is 0 Å². The third-order valence-corrected chi connectivity index (χ3v) is 4.35. The molecule has 0 fully saturated rings. The summed E-state index contributed by atoms with van der Waals surface area (Å²) < 4.78 is 0. The molecular formula is C14H14N4O2S. The molecule has 2 aromatic rings. The molecule has 0 bridgehead atoms. The van der Waals surface area contributed by atoms with Crippen molar-refractivity contribution in [2.45, 2.75) is 29.2 Å². The molecule has 1 aliphatic carbocycles. The van der Waals surface area contributed by atoms with Crippen LogP contribution in [0.4, 0.5) is 11.5 Å². The number of nitro groups is 1. The third-order valence-electron chi connectivity index (χ3n) is 3.44. The number of hydrogen-bond acceptors (Lipinski definition) is 6. The van der Waals surface area contributed by atoms with Gasteiger partial charge in [0.1, 0.15) is 10.8 Å². The fourth-order valence-corrected chi connectivity index (χ4v) is 3.36. The molecule has 0 radical (unpaired) electrons. The average molecular weight is 302 g/mol. The van der Waals surface area contributed by atoms with Crippen LogP contribution in [-0.4, -0.2) is 9.91 Å². The minimum Gasteiger partial charge on any atom is -0.308 e. The van der Waals surface area contributed by atoms with Gasteiger partial charge in [0, 0.05) is 11.0 Å².